The number of carbonyl (C=O) groups excluding carboxylic acids is 1. The molecule has 132 valence electrons. The Kier molecular flexibility index (Phi) is 4.11. The first-order valence-electron chi connectivity index (χ1n) is 6.49. The van der Waals surface area contributed by atoms with Crippen molar-refractivity contribution < 1.29 is 40.7 Å². The van der Waals surface area contributed by atoms with Crippen LogP contribution in [-0.2, 0) is 16.2 Å². The maximum atomic E-state index is 13.9. The number of halogens is 4. The van der Waals surface area contributed by atoms with Gasteiger partial charge < -0.3 is 5.11 Å². The van der Waals surface area contributed by atoms with Crippen LogP contribution in [0.15, 0.2) is 12.1 Å². The fraction of sp³-hybridized carbons (Fsp3) is 0.385. The number of benzene rings is 1. The summed E-state index contributed by atoms with van der Waals surface area (Å²) in [7, 11) is -4.29. The van der Waals surface area contributed by atoms with E-state index in [0.29, 0.717) is 0 Å². The topological polar surface area (TPSA) is 101 Å². The van der Waals surface area contributed by atoms with Gasteiger partial charge in [-0.25, -0.2) is 22.3 Å². The summed E-state index contributed by atoms with van der Waals surface area (Å²) in [6, 6.07) is 0.295. The van der Waals surface area contributed by atoms with Crippen LogP contribution >= 0.6 is 0 Å². The molecule has 6 nitrogen and oxygen atoms in total. The molecule has 1 aromatic rings. The fourth-order valence-corrected chi connectivity index (χ4v) is 3.16. The molecule has 1 fully saturated rings. The van der Waals surface area contributed by atoms with E-state index in [-0.39, 0.29) is 25.0 Å². The summed E-state index contributed by atoms with van der Waals surface area (Å²) in [5.41, 5.74) is -4.46. The number of rotatable bonds is 4. The molecule has 0 radical (unpaired) electrons. The highest BCUT2D eigenvalue weighted by atomic mass is 32.2. The average molecular weight is 369 g/mol. The number of amides is 1. The van der Waals surface area contributed by atoms with E-state index in [0.717, 1.165) is 0 Å². The molecular weight excluding hydrogens is 358 g/mol. The van der Waals surface area contributed by atoms with Crippen molar-refractivity contribution in [3.8, 4) is 0 Å². The van der Waals surface area contributed by atoms with Crippen LogP contribution in [0.5, 0.6) is 0 Å². The monoisotopic (exact) mass is 369 g/mol. The molecule has 2 N–H and O–H groups in total. The van der Waals surface area contributed by atoms with Crippen molar-refractivity contribution >= 4 is 21.9 Å². The van der Waals surface area contributed by atoms with Gasteiger partial charge in [-0.1, -0.05) is 0 Å². The van der Waals surface area contributed by atoms with Gasteiger partial charge in [-0.3, -0.25) is 4.79 Å². The zero-order chi connectivity index (χ0) is 18.5. The Morgan fingerprint density at radius 2 is 1.79 bits per heavy atom. The largest absolute Gasteiger partial charge is 0.478 e. The van der Waals surface area contributed by atoms with Crippen molar-refractivity contribution in [1.82, 2.24) is 4.72 Å². The van der Waals surface area contributed by atoms with E-state index in [1.165, 1.54) is 11.6 Å². The first kappa shape index (κ1) is 18.2. The number of hydrogen-bond acceptors (Lipinski definition) is 4. The first-order chi connectivity index (χ1) is 10.8. The second-order valence-corrected chi connectivity index (χ2v) is 7.76. The van der Waals surface area contributed by atoms with Gasteiger partial charge >= 0.3 is 12.1 Å². The predicted molar refractivity (Wildman–Crippen MR) is 72.4 cm³/mol. The van der Waals surface area contributed by atoms with Gasteiger partial charge in [0.15, 0.2) is 0 Å². The Labute approximate surface area is 133 Å². The summed E-state index contributed by atoms with van der Waals surface area (Å²) in [4.78, 5) is 22.7. The molecule has 0 aromatic heterocycles. The van der Waals surface area contributed by atoms with Gasteiger partial charge in [-0.2, -0.15) is 13.2 Å². The zero-order valence-corrected chi connectivity index (χ0v) is 12.9. The van der Waals surface area contributed by atoms with Gasteiger partial charge in [0, 0.05) is 0 Å². The van der Waals surface area contributed by atoms with E-state index < -0.39 is 55.3 Å². The lowest BCUT2D eigenvalue weighted by atomic mass is 10.0. The van der Waals surface area contributed by atoms with Crippen LogP contribution in [0.3, 0.4) is 0 Å². The molecule has 1 saturated carbocycles. The SMILES string of the molecule is CC1(S(=O)(=O)NC(=O)c2c(F)cc(C(=O)O)cc2C(F)(F)F)CC1. The summed E-state index contributed by atoms with van der Waals surface area (Å²) in [6.07, 6.45) is -4.84. The molecule has 0 bridgehead atoms. The minimum Gasteiger partial charge on any atom is -0.478 e. The predicted octanol–water partition coefficient (Wildman–Crippen LogP) is 2.15. The third kappa shape index (κ3) is 3.21. The molecule has 0 spiro atoms. The van der Waals surface area contributed by atoms with Crippen LogP contribution < -0.4 is 4.72 Å². The second kappa shape index (κ2) is 5.43. The third-order valence-electron chi connectivity index (χ3n) is 3.70. The number of sulfonamides is 1. The van der Waals surface area contributed by atoms with Crippen molar-refractivity contribution in [3.63, 3.8) is 0 Å². The Morgan fingerprint density at radius 1 is 1.25 bits per heavy atom. The number of alkyl halides is 3. The van der Waals surface area contributed by atoms with Gasteiger partial charge in [0.1, 0.15) is 5.82 Å². The molecule has 11 heteroatoms. The minimum atomic E-state index is -5.26. The number of carboxylic acids is 1. The minimum absolute atomic E-state index is 0.0752. The normalized spacial score (nSPS) is 16.5. The Bertz CT molecular complexity index is 827. The lowest BCUT2D eigenvalue weighted by Crippen LogP contribution is -2.39. The highest BCUT2D eigenvalue weighted by molar-refractivity contribution is 7.91. The number of nitrogens with one attached hydrogen (secondary N) is 1. The number of carboxylic acid groups (broad SMARTS) is 1. The molecule has 0 atom stereocenters. The maximum absolute atomic E-state index is 13.9. The summed E-state index contributed by atoms with van der Waals surface area (Å²) in [5, 5.41) is 8.70. The molecule has 0 heterocycles. The molecule has 1 amide bonds. The summed E-state index contributed by atoms with van der Waals surface area (Å²) >= 11 is 0. The molecule has 24 heavy (non-hydrogen) atoms. The molecule has 1 aliphatic rings. The van der Waals surface area contributed by atoms with Crippen molar-refractivity contribution in [2.45, 2.75) is 30.7 Å². The Balaban J connectivity index is 2.53. The molecule has 0 aliphatic heterocycles. The quantitative estimate of drug-likeness (QED) is 0.792. The van der Waals surface area contributed by atoms with Crippen LogP contribution in [0, 0.1) is 5.82 Å². The number of hydrogen-bond donors (Lipinski definition) is 2. The lowest BCUT2D eigenvalue weighted by molar-refractivity contribution is -0.138. The maximum Gasteiger partial charge on any atom is 0.417 e. The highest BCUT2D eigenvalue weighted by Gasteiger charge is 2.51. The molecule has 0 saturated heterocycles. The Hall–Kier alpha value is -2.17. The van der Waals surface area contributed by atoms with Crippen molar-refractivity contribution in [2.24, 2.45) is 0 Å². The molecule has 2 rings (SSSR count). The van der Waals surface area contributed by atoms with Crippen LogP contribution in [0.1, 0.15) is 46.0 Å². The van der Waals surface area contributed by atoms with Gasteiger partial charge in [-0.05, 0) is 31.9 Å². The summed E-state index contributed by atoms with van der Waals surface area (Å²) < 4.78 is 76.9. The van der Waals surface area contributed by atoms with Crippen LogP contribution in [-0.4, -0.2) is 30.1 Å². The molecule has 1 aliphatic carbocycles. The fourth-order valence-electron chi connectivity index (χ4n) is 1.93. The lowest BCUT2D eigenvalue weighted by Gasteiger charge is -2.16. The first-order valence-corrected chi connectivity index (χ1v) is 7.97. The van der Waals surface area contributed by atoms with Crippen molar-refractivity contribution in [2.75, 3.05) is 0 Å². The molecular formula is C13H11F4NO5S. The van der Waals surface area contributed by atoms with E-state index in [2.05, 4.69) is 0 Å². The van der Waals surface area contributed by atoms with Crippen LogP contribution in [0.2, 0.25) is 0 Å². The number of carbonyl (C=O) groups is 2. The highest BCUT2D eigenvalue weighted by Crippen LogP contribution is 2.42. The van der Waals surface area contributed by atoms with Gasteiger partial charge in [0.05, 0.1) is 21.4 Å². The van der Waals surface area contributed by atoms with Crippen LogP contribution in [0.25, 0.3) is 0 Å². The van der Waals surface area contributed by atoms with Gasteiger partial charge in [0.25, 0.3) is 5.91 Å². The van der Waals surface area contributed by atoms with E-state index >= 15 is 0 Å². The zero-order valence-electron chi connectivity index (χ0n) is 12.1. The van der Waals surface area contributed by atoms with Gasteiger partial charge in [-0.15, -0.1) is 0 Å². The molecule has 0 unspecified atom stereocenters. The van der Waals surface area contributed by atoms with E-state index in [4.69, 9.17) is 5.11 Å². The van der Waals surface area contributed by atoms with Gasteiger partial charge in [0.2, 0.25) is 10.0 Å². The van der Waals surface area contributed by atoms with E-state index in [1.54, 1.807) is 0 Å². The summed E-state index contributed by atoms with van der Waals surface area (Å²) in [5.74, 6) is -5.41. The smallest absolute Gasteiger partial charge is 0.417 e. The third-order valence-corrected chi connectivity index (χ3v) is 5.86. The molecule has 1 aromatic carbocycles. The van der Waals surface area contributed by atoms with Crippen molar-refractivity contribution in [1.29, 1.82) is 0 Å². The van der Waals surface area contributed by atoms with Crippen molar-refractivity contribution in [3.05, 3.63) is 34.6 Å². The van der Waals surface area contributed by atoms with E-state index in [1.807, 2.05) is 0 Å². The Morgan fingerprint density at radius 3 is 2.21 bits per heavy atom. The van der Waals surface area contributed by atoms with Crippen LogP contribution in [0.4, 0.5) is 17.6 Å². The number of aromatic carboxylic acids is 1. The second-order valence-electron chi connectivity index (χ2n) is 5.57. The average Bonchev–Trinajstić information content (AvgIpc) is 3.15. The standard InChI is InChI=1S/C13H11F4NO5S/c1-12(2-3-12)24(22,23)18-10(19)9-7(13(15,16)17)4-6(11(20)21)5-8(9)14/h4-5H,2-3H2,1H3,(H,18,19)(H,20,21). The van der Waals surface area contributed by atoms with E-state index in [9.17, 15) is 35.6 Å². The summed E-state index contributed by atoms with van der Waals surface area (Å²) in [6.45, 7) is 1.29.